The van der Waals surface area contributed by atoms with Gasteiger partial charge in [0.25, 0.3) is 0 Å². The molecular formula is C20H22ClN3O4. The predicted molar refractivity (Wildman–Crippen MR) is 110 cm³/mol. The molecule has 0 atom stereocenters. The maximum absolute atomic E-state index is 12.4. The topological polar surface area (TPSA) is 82.6 Å². The van der Waals surface area contributed by atoms with Crippen LogP contribution in [0.15, 0.2) is 42.7 Å². The van der Waals surface area contributed by atoms with Crippen LogP contribution in [-0.2, 0) is 4.74 Å². The first-order valence-electron chi connectivity index (χ1n) is 8.66. The van der Waals surface area contributed by atoms with E-state index in [0.717, 1.165) is 11.4 Å². The highest BCUT2D eigenvalue weighted by atomic mass is 35.5. The average molecular weight is 404 g/mol. The molecule has 1 aromatic carbocycles. The van der Waals surface area contributed by atoms with Crippen molar-refractivity contribution in [2.75, 3.05) is 25.6 Å². The minimum atomic E-state index is -0.454. The van der Waals surface area contributed by atoms with Gasteiger partial charge in [0.1, 0.15) is 17.1 Å². The Kier molecular flexibility index (Phi) is 7.40. The molecule has 0 saturated carbocycles. The number of pyridine rings is 2. The number of carbonyl (C=O) groups excluding carboxylic acids is 1. The van der Waals surface area contributed by atoms with Gasteiger partial charge >= 0.3 is 5.97 Å². The third-order valence-corrected chi connectivity index (χ3v) is 3.86. The minimum absolute atomic E-state index is 0. The summed E-state index contributed by atoms with van der Waals surface area (Å²) in [4.78, 5) is 21.1. The van der Waals surface area contributed by atoms with Crippen molar-refractivity contribution in [1.82, 2.24) is 9.97 Å². The number of anilines is 2. The van der Waals surface area contributed by atoms with Crippen LogP contribution in [0.5, 0.6) is 11.5 Å². The predicted octanol–water partition coefficient (Wildman–Crippen LogP) is 4.38. The monoisotopic (exact) mass is 403 g/mol. The number of rotatable bonds is 7. The van der Waals surface area contributed by atoms with Crippen molar-refractivity contribution in [3.63, 3.8) is 0 Å². The molecule has 0 aliphatic rings. The van der Waals surface area contributed by atoms with E-state index >= 15 is 0 Å². The zero-order chi connectivity index (χ0) is 19.2. The van der Waals surface area contributed by atoms with E-state index in [9.17, 15) is 4.79 Å². The van der Waals surface area contributed by atoms with Gasteiger partial charge in [0.15, 0.2) is 5.65 Å². The Balaban J connectivity index is 0.00000280. The summed E-state index contributed by atoms with van der Waals surface area (Å²) < 4.78 is 15.9. The van der Waals surface area contributed by atoms with E-state index in [1.165, 1.54) is 6.20 Å². The number of benzene rings is 1. The van der Waals surface area contributed by atoms with Crippen molar-refractivity contribution >= 4 is 40.8 Å². The van der Waals surface area contributed by atoms with Gasteiger partial charge in [-0.1, -0.05) is 0 Å². The van der Waals surface area contributed by atoms with Crippen molar-refractivity contribution in [3.8, 4) is 11.5 Å². The Labute approximate surface area is 169 Å². The number of carbonyl (C=O) groups is 1. The molecule has 0 unspecified atom stereocenters. The third kappa shape index (κ3) is 4.61. The fourth-order valence-electron chi connectivity index (χ4n) is 2.62. The van der Waals surface area contributed by atoms with Crippen LogP contribution in [0.3, 0.4) is 0 Å². The highest BCUT2D eigenvalue weighted by Gasteiger charge is 2.18. The lowest BCUT2D eigenvalue weighted by Gasteiger charge is -2.15. The summed E-state index contributed by atoms with van der Waals surface area (Å²) in [5, 5.41) is 3.95. The van der Waals surface area contributed by atoms with Gasteiger partial charge in [-0.15, -0.1) is 12.4 Å². The van der Waals surface area contributed by atoms with Gasteiger partial charge in [0.05, 0.1) is 32.2 Å². The van der Waals surface area contributed by atoms with Gasteiger partial charge in [-0.25, -0.2) is 14.8 Å². The Hall–Kier alpha value is -3.06. The SMILES string of the molecule is CCOC(=O)c1cnc2ncc(OCC)cc2c1Nc1ccc(OC)cc1.Cl. The zero-order valence-electron chi connectivity index (χ0n) is 15.9. The van der Waals surface area contributed by atoms with Crippen LogP contribution >= 0.6 is 12.4 Å². The largest absolute Gasteiger partial charge is 0.497 e. The van der Waals surface area contributed by atoms with Crippen LogP contribution in [0.1, 0.15) is 24.2 Å². The third-order valence-electron chi connectivity index (χ3n) is 3.86. The molecule has 2 aromatic heterocycles. The van der Waals surface area contributed by atoms with Gasteiger partial charge in [-0.2, -0.15) is 0 Å². The number of methoxy groups -OCH3 is 1. The Morgan fingerprint density at radius 2 is 1.75 bits per heavy atom. The fourth-order valence-corrected chi connectivity index (χ4v) is 2.62. The Morgan fingerprint density at radius 1 is 1.04 bits per heavy atom. The second-order valence-corrected chi connectivity index (χ2v) is 5.60. The molecule has 1 N–H and O–H groups in total. The van der Waals surface area contributed by atoms with E-state index < -0.39 is 5.97 Å². The summed E-state index contributed by atoms with van der Waals surface area (Å²) in [5.74, 6) is 0.890. The Bertz CT molecular complexity index is 948. The molecule has 28 heavy (non-hydrogen) atoms. The lowest BCUT2D eigenvalue weighted by Crippen LogP contribution is -2.09. The number of halogens is 1. The number of nitrogens with zero attached hydrogens (tertiary/aromatic N) is 2. The van der Waals surface area contributed by atoms with Crippen molar-refractivity contribution < 1.29 is 19.0 Å². The molecule has 8 heteroatoms. The normalized spacial score (nSPS) is 10.1. The quantitative estimate of drug-likeness (QED) is 0.586. The molecule has 148 valence electrons. The van der Waals surface area contributed by atoms with Gasteiger partial charge < -0.3 is 19.5 Å². The summed E-state index contributed by atoms with van der Waals surface area (Å²) in [7, 11) is 1.61. The van der Waals surface area contributed by atoms with E-state index in [0.29, 0.717) is 34.6 Å². The number of ether oxygens (including phenoxy) is 3. The highest BCUT2D eigenvalue weighted by molar-refractivity contribution is 6.05. The van der Waals surface area contributed by atoms with Crippen LogP contribution in [-0.4, -0.2) is 36.3 Å². The second-order valence-electron chi connectivity index (χ2n) is 5.60. The molecule has 0 aliphatic carbocycles. The number of esters is 1. The number of hydrogen-bond acceptors (Lipinski definition) is 7. The molecule has 3 aromatic rings. The molecule has 0 aliphatic heterocycles. The Morgan fingerprint density at radius 3 is 2.39 bits per heavy atom. The molecule has 0 fully saturated rings. The van der Waals surface area contributed by atoms with E-state index in [-0.39, 0.29) is 19.0 Å². The van der Waals surface area contributed by atoms with Gasteiger partial charge in [0.2, 0.25) is 0 Å². The average Bonchev–Trinajstić information content (AvgIpc) is 2.69. The number of hydrogen-bond donors (Lipinski definition) is 1. The second kappa shape index (κ2) is 9.75. The molecule has 0 saturated heterocycles. The van der Waals surface area contributed by atoms with E-state index in [1.54, 1.807) is 20.2 Å². The molecule has 0 bridgehead atoms. The number of aromatic nitrogens is 2. The van der Waals surface area contributed by atoms with Crippen LogP contribution in [0.2, 0.25) is 0 Å². The van der Waals surface area contributed by atoms with Crippen molar-refractivity contribution in [3.05, 3.63) is 48.3 Å². The van der Waals surface area contributed by atoms with Crippen LogP contribution in [0.4, 0.5) is 11.4 Å². The van der Waals surface area contributed by atoms with Crippen molar-refractivity contribution in [2.24, 2.45) is 0 Å². The van der Waals surface area contributed by atoms with E-state index in [2.05, 4.69) is 15.3 Å². The summed E-state index contributed by atoms with van der Waals surface area (Å²) in [6, 6.07) is 9.20. The van der Waals surface area contributed by atoms with Gasteiger partial charge in [0, 0.05) is 17.3 Å². The summed E-state index contributed by atoms with van der Waals surface area (Å²) >= 11 is 0. The van der Waals surface area contributed by atoms with Crippen LogP contribution < -0.4 is 14.8 Å². The van der Waals surface area contributed by atoms with Gasteiger partial charge in [-0.3, -0.25) is 0 Å². The first kappa shape index (κ1) is 21.2. The summed E-state index contributed by atoms with van der Waals surface area (Å²) in [5.41, 5.74) is 2.19. The van der Waals surface area contributed by atoms with Gasteiger partial charge in [-0.05, 0) is 44.2 Å². The number of fused-ring (bicyclic) bond motifs is 1. The standard InChI is InChI=1S/C20H21N3O4.ClH/c1-4-26-15-10-16-18(23-13-6-8-14(25-3)9-7-13)17(20(24)27-5-2)12-22-19(16)21-11-15;/h6-12H,4-5H2,1-3H3,(H,21,22,23);1H. The summed E-state index contributed by atoms with van der Waals surface area (Å²) in [6.07, 6.45) is 3.08. The first-order valence-corrected chi connectivity index (χ1v) is 8.66. The molecular weight excluding hydrogens is 382 g/mol. The molecule has 0 spiro atoms. The van der Waals surface area contributed by atoms with Crippen LogP contribution in [0.25, 0.3) is 11.0 Å². The lowest BCUT2D eigenvalue weighted by molar-refractivity contribution is 0.0527. The molecule has 0 radical (unpaired) electrons. The lowest BCUT2D eigenvalue weighted by atomic mass is 10.1. The molecule has 2 heterocycles. The molecule has 7 nitrogen and oxygen atoms in total. The molecule has 3 rings (SSSR count). The highest BCUT2D eigenvalue weighted by Crippen LogP contribution is 2.31. The fraction of sp³-hybridized carbons (Fsp3) is 0.250. The summed E-state index contributed by atoms with van der Waals surface area (Å²) in [6.45, 7) is 4.45. The van der Waals surface area contributed by atoms with Crippen molar-refractivity contribution in [1.29, 1.82) is 0 Å². The minimum Gasteiger partial charge on any atom is -0.497 e. The van der Waals surface area contributed by atoms with Crippen molar-refractivity contribution in [2.45, 2.75) is 13.8 Å². The van der Waals surface area contributed by atoms with E-state index in [1.807, 2.05) is 37.3 Å². The zero-order valence-corrected chi connectivity index (χ0v) is 16.7. The number of nitrogens with one attached hydrogen (secondary N) is 1. The van der Waals surface area contributed by atoms with E-state index in [4.69, 9.17) is 14.2 Å². The molecule has 0 amide bonds. The maximum Gasteiger partial charge on any atom is 0.341 e. The smallest absolute Gasteiger partial charge is 0.341 e. The first-order chi connectivity index (χ1) is 13.2. The maximum atomic E-state index is 12.4. The van der Waals surface area contributed by atoms with Crippen LogP contribution in [0, 0.1) is 0 Å².